The summed E-state index contributed by atoms with van der Waals surface area (Å²) in [5, 5.41) is 19.3. The number of esters is 2. The van der Waals surface area contributed by atoms with E-state index in [1.807, 2.05) is 0 Å². The second kappa shape index (κ2) is 23.5. The maximum Gasteiger partial charge on any atom is 0.333 e. The molecule has 0 bridgehead atoms. The Balaban J connectivity index is 1.61. The third-order valence-corrected chi connectivity index (χ3v) is 10.6. The summed E-state index contributed by atoms with van der Waals surface area (Å²) >= 11 is 0. The molecule has 3 aromatic carbocycles. The molecule has 0 fully saturated rings. The molecule has 4 rings (SSSR count). The molecule has 1 aliphatic carbocycles. The number of unbranched alkanes of at least 4 members (excludes halogenated alkanes) is 2. The van der Waals surface area contributed by atoms with E-state index < -0.39 is 11.9 Å². The van der Waals surface area contributed by atoms with Crippen molar-refractivity contribution in [1.82, 2.24) is 0 Å². The fraction of sp³-hybridized carbons (Fsp3) is 0.440. The van der Waals surface area contributed by atoms with E-state index in [2.05, 4.69) is 99.8 Å². The zero-order chi connectivity index (χ0) is 41.2. The molecule has 0 aromatic heterocycles. The molecule has 0 saturated heterocycles. The summed E-state index contributed by atoms with van der Waals surface area (Å²) in [4.78, 5) is 24.2. The van der Waals surface area contributed by atoms with E-state index in [1.54, 1.807) is 13.8 Å². The topological polar surface area (TPSA) is 102 Å². The van der Waals surface area contributed by atoms with Crippen LogP contribution in [0.3, 0.4) is 0 Å². The van der Waals surface area contributed by atoms with Gasteiger partial charge in [0.15, 0.2) is 0 Å². The van der Waals surface area contributed by atoms with Crippen molar-refractivity contribution < 1.29 is 34.0 Å². The quantitative estimate of drug-likeness (QED) is 0.0531. The van der Waals surface area contributed by atoms with E-state index in [0.29, 0.717) is 55.8 Å². The van der Waals surface area contributed by atoms with Gasteiger partial charge in [0.05, 0.1) is 19.8 Å². The molecule has 1 unspecified atom stereocenters. The van der Waals surface area contributed by atoms with Crippen LogP contribution in [0.5, 0.6) is 5.75 Å². The minimum Gasteiger partial charge on any atom is -0.493 e. The van der Waals surface area contributed by atoms with Crippen LogP contribution in [0.1, 0.15) is 112 Å². The Hall–Kier alpha value is -4.72. The Morgan fingerprint density at radius 1 is 0.737 bits per heavy atom. The summed E-state index contributed by atoms with van der Waals surface area (Å²) in [5.41, 5.74) is 11.4. The molecule has 306 valence electrons. The predicted molar refractivity (Wildman–Crippen MR) is 231 cm³/mol. The Kier molecular flexibility index (Phi) is 18.5. The highest BCUT2D eigenvalue weighted by atomic mass is 16.5. The van der Waals surface area contributed by atoms with Gasteiger partial charge in [-0.05, 0) is 134 Å². The van der Waals surface area contributed by atoms with E-state index in [9.17, 15) is 19.8 Å². The van der Waals surface area contributed by atoms with Crippen LogP contribution >= 0.6 is 0 Å². The SMILES string of the molecule is C=C(C)C(=O)OCCCc1cc(-c2ccc(C3C=CC(c4ccc(CCCCC)cc4)=CC3)c(CC)c2)cc(CCCOC(=O)C(=C)C)c1OCCC(CO)CO. The third-order valence-electron chi connectivity index (χ3n) is 10.6. The molecular weight excluding hydrogens is 713 g/mol. The highest BCUT2D eigenvalue weighted by Gasteiger charge is 2.19. The van der Waals surface area contributed by atoms with Gasteiger partial charge in [-0.25, -0.2) is 9.59 Å². The number of ether oxygens (including phenoxy) is 3. The zero-order valence-corrected chi connectivity index (χ0v) is 34.7. The first-order valence-corrected chi connectivity index (χ1v) is 20.8. The molecule has 7 heteroatoms. The van der Waals surface area contributed by atoms with Crippen LogP contribution in [-0.2, 0) is 44.7 Å². The van der Waals surface area contributed by atoms with Gasteiger partial charge in [0.25, 0.3) is 0 Å². The standard InChI is InChI=1S/C50H64O7/c1-7-9-10-13-37-16-18-40(19-17-37)41-20-22-42(23-21-41)47-25-24-43(30-39(47)8-2)46-31-44(14-11-27-56-49(53)35(3)4)48(55-29-26-38(33-51)34-52)45(32-46)15-12-28-57-50(54)36(5)6/h16-22,24-25,30-32,38,42,51-52H,3,5,7-15,23,26-29,33-34H2,1-2,4,6H3. The normalized spacial score (nSPS) is 13.7. The summed E-state index contributed by atoms with van der Waals surface area (Å²) in [5.74, 6) is -0.0821. The molecule has 0 spiro atoms. The maximum absolute atomic E-state index is 12.1. The first-order chi connectivity index (χ1) is 27.6. The summed E-state index contributed by atoms with van der Waals surface area (Å²) in [6.07, 6.45) is 16.5. The Morgan fingerprint density at radius 3 is 1.86 bits per heavy atom. The number of benzene rings is 3. The molecule has 1 atom stereocenters. The molecule has 7 nitrogen and oxygen atoms in total. The van der Waals surface area contributed by atoms with Crippen LogP contribution < -0.4 is 4.74 Å². The van der Waals surface area contributed by atoms with Crippen LogP contribution in [0.2, 0.25) is 0 Å². The average molecular weight is 777 g/mol. The van der Waals surface area contributed by atoms with E-state index in [4.69, 9.17) is 14.2 Å². The second-order valence-electron chi connectivity index (χ2n) is 15.3. The minimum absolute atomic E-state index is 0.127. The zero-order valence-electron chi connectivity index (χ0n) is 34.7. The van der Waals surface area contributed by atoms with Crippen molar-refractivity contribution in [3.8, 4) is 16.9 Å². The lowest BCUT2D eigenvalue weighted by molar-refractivity contribution is -0.139. The van der Waals surface area contributed by atoms with Gasteiger partial charge in [0, 0.05) is 36.2 Å². The van der Waals surface area contributed by atoms with Gasteiger partial charge >= 0.3 is 11.9 Å². The Morgan fingerprint density at radius 2 is 1.33 bits per heavy atom. The number of allylic oxidation sites excluding steroid dienone is 4. The van der Waals surface area contributed by atoms with E-state index in [-0.39, 0.29) is 32.3 Å². The first kappa shape index (κ1) is 45.0. The molecular formula is C50H64O7. The summed E-state index contributed by atoms with van der Waals surface area (Å²) in [7, 11) is 0. The van der Waals surface area contributed by atoms with Crippen LogP contribution in [0.15, 0.2) is 97.1 Å². The van der Waals surface area contributed by atoms with Gasteiger partial charge in [0.1, 0.15) is 5.75 Å². The van der Waals surface area contributed by atoms with Crippen molar-refractivity contribution in [3.05, 3.63) is 131 Å². The highest BCUT2D eigenvalue weighted by molar-refractivity contribution is 5.87. The Bertz CT molecular complexity index is 1810. The lowest BCUT2D eigenvalue weighted by atomic mass is 9.84. The van der Waals surface area contributed by atoms with Crippen molar-refractivity contribution in [2.75, 3.05) is 33.0 Å². The van der Waals surface area contributed by atoms with E-state index in [1.165, 1.54) is 47.1 Å². The van der Waals surface area contributed by atoms with Gasteiger partial charge in [-0.15, -0.1) is 0 Å². The first-order valence-electron chi connectivity index (χ1n) is 20.8. The molecule has 0 amide bonds. The maximum atomic E-state index is 12.1. The fourth-order valence-corrected chi connectivity index (χ4v) is 7.11. The fourth-order valence-electron chi connectivity index (χ4n) is 7.11. The lowest BCUT2D eigenvalue weighted by Gasteiger charge is -2.22. The highest BCUT2D eigenvalue weighted by Crippen LogP contribution is 2.37. The molecule has 0 saturated carbocycles. The molecule has 0 aliphatic heterocycles. The number of aliphatic hydroxyl groups excluding tert-OH is 2. The van der Waals surface area contributed by atoms with Crippen molar-refractivity contribution in [2.24, 2.45) is 5.92 Å². The lowest BCUT2D eigenvalue weighted by Crippen LogP contribution is -2.16. The average Bonchev–Trinajstić information content (AvgIpc) is 3.23. The summed E-state index contributed by atoms with van der Waals surface area (Å²) < 4.78 is 17.3. The second-order valence-corrected chi connectivity index (χ2v) is 15.3. The predicted octanol–water partition coefficient (Wildman–Crippen LogP) is 10.2. The third kappa shape index (κ3) is 13.7. The van der Waals surface area contributed by atoms with Crippen LogP contribution in [0.25, 0.3) is 16.7 Å². The van der Waals surface area contributed by atoms with Crippen LogP contribution in [0.4, 0.5) is 0 Å². The van der Waals surface area contributed by atoms with Crippen molar-refractivity contribution in [3.63, 3.8) is 0 Å². The van der Waals surface area contributed by atoms with Crippen molar-refractivity contribution in [2.45, 2.75) is 104 Å². The molecule has 3 aromatic rings. The van der Waals surface area contributed by atoms with Gasteiger partial charge < -0.3 is 24.4 Å². The number of carbonyl (C=O) groups is 2. The number of hydrogen-bond donors (Lipinski definition) is 2. The number of aliphatic hydroxyl groups is 2. The van der Waals surface area contributed by atoms with Crippen molar-refractivity contribution in [1.29, 1.82) is 0 Å². The molecule has 1 aliphatic rings. The monoisotopic (exact) mass is 776 g/mol. The summed E-state index contributed by atoms with van der Waals surface area (Å²) in [6, 6.07) is 20.2. The number of carbonyl (C=O) groups excluding carboxylic acids is 2. The van der Waals surface area contributed by atoms with Gasteiger partial charge in [-0.2, -0.15) is 0 Å². The number of hydrogen-bond acceptors (Lipinski definition) is 7. The Labute approximate surface area is 341 Å². The van der Waals surface area contributed by atoms with Crippen LogP contribution in [-0.4, -0.2) is 55.2 Å². The van der Waals surface area contributed by atoms with Gasteiger partial charge in [0.2, 0.25) is 0 Å². The molecule has 0 radical (unpaired) electrons. The molecule has 57 heavy (non-hydrogen) atoms. The molecule has 2 N–H and O–H groups in total. The minimum atomic E-state index is -0.414. The van der Waals surface area contributed by atoms with Crippen LogP contribution in [0, 0.1) is 5.92 Å². The van der Waals surface area contributed by atoms with E-state index in [0.717, 1.165) is 47.3 Å². The number of aryl methyl sites for hydroxylation is 4. The largest absolute Gasteiger partial charge is 0.493 e. The smallest absolute Gasteiger partial charge is 0.333 e. The van der Waals surface area contributed by atoms with Gasteiger partial charge in [-0.3, -0.25) is 0 Å². The number of rotatable bonds is 24. The van der Waals surface area contributed by atoms with E-state index >= 15 is 0 Å². The van der Waals surface area contributed by atoms with Gasteiger partial charge in [-0.1, -0.05) is 101 Å². The van der Waals surface area contributed by atoms with Crippen molar-refractivity contribution >= 4 is 17.5 Å². The molecule has 0 heterocycles. The summed E-state index contributed by atoms with van der Waals surface area (Å²) in [6.45, 7) is 15.6.